The summed E-state index contributed by atoms with van der Waals surface area (Å²) in [6.45, 7) is 1.67. The summed E-state index contributed by atoms with van der Waals surface area (Å²) in [7, 11) is 0. The van der Waals surface area contributed by atoms with Crippen LogP contribution in [0.25, 0.3) is 10.9 Å². The molecule has 0 aliphatic carbocycles. The highest BCUT2D eigenvalue weighted by Crippen LogP contribution is 2.23. The number of halogens is 2. The quantitative estimate of drug-likeness (QED) is 0.606. The minimum Gasteiger partial charge on any atom is -0.236 e. The van der Waals surface area contributed by atoms with E-state index in [9.17, 15) is 4.39 Å². The topological polar surface area (TPSA) is 25.8 Å². The molecule has 0 fully saturated rings. The van der Waals surface area contributed by atoms with Crippen LogP contribution in [0.1, 0.15) is 5.56 Å². The molecule has 2 nitrogen and oxygen atoms in total. The van der Waals surface area contributed by atoms with Crippen LogP contribution in [-0.2, 0) is 0 Å². The number of rotatable bonds is 0. The number of aromatic nitrogens is 2. The maximum atomic E-state index is 13.1. The predicted octanol–water partition coefficient (Wildman–Crippen LogP) is 2.73. The molecule has 0 aliphatic rings. The van der Waals surface area contributed by atoms with Crippen molar-refractivity contribution in [3.05, 3.63) is 35.0 Å². The Labute approximate surface area is 79.4 Å². The first-order chi connectivity index (χ1) is 6.20. The lowest BCUT2D eigenvalue weighted by molar-refractivity contribution is 0.620. The molecule has 2 rings (SSSR count). The zero-order valence-electron chi connectivity index (χ0n) is 6.88. The first-order valence-corrected chi connectivity index (χ1v) is 4.13. The summed E-state index contributed by atoms with van der Waals surface area (Å²) in [5, 5.41) is 1.04. The van der Waals surface area contributed by atoms with Gasteiger partial charge in [0.1, 0.15) is 17.3 Å². The predicted molar refractivity (Wildman–Crippen MR) is 49.2 cm³/mol. The lowest BCUT2D eigenvalue weighted by Crippen LogP contribution is -1.90. The Bertz CT molecular complexity index is 470. The summed E-state index contributed by atoms with van der Waals surface area (Å²) in [6.07, 6.45) is 1.33. The van der Waals surface area contributed by atoms with Crippen LogP contribution >= 0.6 is 11.6 Å². The molecular weight excluding hydrogens is 191 g/mol. The van der Waals surface area contributed by atoms with Gasteiger partial charge in [0.2, 0.25) is 0 Å². The standard InChI is InChI=1S/C9H6ClFN2/c1-5-7(11)3-2-6-8(5)12-4-13-9(6)10/h2-4H,1H3. The highest BCUT2D eigenvalue weighted by atomic mass is 35.5. The smallest absolute Gasteiger partial charge is 0.140 e. The van der Waals surface area contributed by atoms with Crippen molar-refractivity contribution in [3.63, 3.8) is 0 Å². The lowest BCUT2D eigenvalue weighted by atomic mass is 10.1. The number of nitrogens with zero attached hydrogens (tertiary/aromatic N) is 2. The zero-order chi connectivity index (χ0) is 9.42. The van der Waals surface area contributed by atoms with E-state index in [1.54, 1.807) is 13.0 Å². The maximum absolute atomic E-state index is 13.1. The molecule has 1 heterocycles. The van der Waals surface area contributed by atoms with Crippen LogP contribution in [-0.4, -0.2) is 9.97 Å². The van der Waals surface area contributed by atoms with Gasteiger partial charge in [-0.3, -0.25) is 0 Å². The minimum absolute atomic E-state index is 0.276. The molecule has 0 aliphatic heterocycles. The van der Waals surface area contributed by atoms with E-state index in [-0.39, 0.29) is 5.82 Å². The Morgan fingerprint density at radius 3 is 2.85 bits per heavy atom. The Hall–Kier alpha value is -1.22. The fourth-order valence-corrected chi connectivity index (χ4v) is 1.41. The van der Waals surface area contributed by atoms with Gasteiger partial charge >= 0.3 is 0 Å². The van der Waals surface area contributed by atoms with E-state index in [1.807, 2.05) is 0 Å². The van der Waals surface area contributed by atoms with E-state index in [0.717, 1.165) is 0 Å². The fraction of sp³-hybridized carbons (Fsp3) is 0.111. The lowest BCUT2D eigenvalue weighted by Gasteiger charge is -2.02. The second kappa shape index (κ2) is 2.92. The summed E-state index contributed by atoms with van der Waals surface area (Å²) in [5.74, 6) is -0.276. The van der Waals surface area contributed by atoms with Gasteiger partial charge in [-0.15, -0.1) is 0 Å². The van der Waals surface area contributed by atoms with Gasteiger partial charge in [0, 0.05) is 10.9 Å². The first kappa shape index (κ1) is 8.38. The molecular formula is C9H6ClFN2. The molecule has 0 saturated heterocycles. The Kier molecular flexibility index (Phi) is 1.88. The van der Waals surface area contributed by atoms with Gasteiger partial charge in [-0.1, -0.05) is 11.6 Å². The molecule has 2 aromatic rings. The van der Waals surface area contributed by atoms with Gasteiger partial charge in [-0.2, -0.15) is 0 Å². The van der Waals surface area contributed by atoms with E-state index >= 15 is 0 Å². The van der Waals surface area contributed by atoms with Crippen LogP contribution in [0.4, 0.5) is 4.39 Å². The number of hydrogen-bond donors (Lipinski definition) is 0. The Morgan fingerprint density at radius 2 is 2.08 bits per heavy atom. The molecule has 4 heteroatoms. The largest absolute Gasteiger partial charge is 0.236 e. The van der Waals surface area contributed by atoms with E-state index in [0.29, 0.717) is 21.6 Å². The van der Waals surface area contributed by atoms with Crippen molar-refractivity contribution in [3.8, 4) is 0 Å². The van der Waals surface area contributed by atoms with Crippen LogP contribution in [0.3, 0.4) is 0 Å². The summed E-state index contributed by atoms with van der Waals surface area (Å²) in [6, 6.07) is 2.95. The molecule has 66 valence electrons. The van der Waals surface area contributed by atoms with E-state index in [4.69, 9.17) is 11.6 Å². The molecule has 0 spiro atoms. The molecule has 1 aromatic heterocycles. The van der Waals surface area contributed by atoms with Crippen LogP contribution < -0.4 is 0 Å². The SMILES string of the molecule is Cc1c(F)ccc2c(Cl)ncnc12. The molecule has 0 saturated carbocycles. The average molecular weight is 197 g/mol. The van der Waals surface area contributed by atoms with Crippen molar-refractivity contribution < 1.29 is 4.39 Å². The van der Waals surface area contributed by atoms with Gasteiger partial charge in [0.25, 0.3) is 0 Å². The molecule has 0 radical (unpaired) electrons. The van der Waals surface area contributed by atoms with Gasteiger partial charge in [0.05, 0.1) is 5.52 Å². The third-order valence-corrected chi connectivity index (χ3v) is 2.25. The molecule has 0 atom stereocenters. The van der Waals surface area contributed by atoms with Crippen molar-refractivity contribution in [2.45, 2.75) is 6.92 Å². The second-order valence-corrected chi connectivity index (χ2v) is 3.09. The molecule has 1 aromatic carbocycles. The molecule has 0 unspecified atom stereocenters. The van der Waals surface area contributed by atoms with Crippen molar-refractivity contribution in [2.24, 2.45) is 0 Å². The second-order valence-electron chi connectivity index (χ2n) is 2.73. The normalized spacial score (nSPS) is 10.7. The Balaban J connectivity index is 2.94. The number of benzene rings is 1. The Morgan fingerprint density at radius 1 is 1.31 bits per heavy atom. The van der Waals surface area contributed by atoms with E-state index < -0.39 is 0 Å². The third kappa shape index (κ3) is 1.25. The highest BCUT2D eigenvalue weighted by molar-refractivity contribution is 6.34. The van der Waals surface area contributed by atoms with Crippen LogP contribution in [0.15, 0.2) is 18.5 Å². The first-order valence-electron chi connectivity index (χ1n) is 3.75. The average Bonchev–Trinajstić information content (AvgIpc) is 2.12. The van der Waals surface area contributed by atoms with Gasteiger partial charge in [-0.25, -0.2) is 14.4 Å². The number of aryl methyl sites for hydroxylation is 1. The molecule has 13 heavy (non-hydrogen) atoms. The number of fused-ring (bicyclic) bond motifs is 1. The van der Waals surface area contributed by atoms with Crippen LogP contribution in [0.2, 0.25) is 5.15 Å². The van der Waals surface area contributed by atoms with Crippen molar-refractivity contribution in [2.75, 3.05) is 0 Å². The minimum atomic E-state index is -0.276. The van der Waals surface area contributed by atoms with Crippen LogP contribution in [0, 0.1) is 12.7 Å². The van der Waals surface area contributed by atoms with Gasteiger partial charge in [-0.05, 0) is 19.1 Å². The van der Waals surface area contributed by atoms with Crippen LogP contribution in [0.5, 0.6) is 0 Å². The summed E-state index contributed by atoms with van der Waals surface area (Å²) >= 11 is 5.81. The molecule has 0 amide bonds. The maximum Gasteiger partial charge on any atom is 0.140 e. The van der Waals surface area contributed by atoms with Crippen molar-refractivity contribution >= 4 is 22.5 Å². The van der Waals surface area contributed by atoms with Gasteiger partial charge in [0.15, 0.2) is 0 Å². The fourth-order valence-electron chi connectivity index (χ4n) is 1.22. The highest BCUT2D eigenvalue weighted by Gasteiger charge is 2.06. The third-order valence-electron chi connectivity index (χ3n) is 1.95. The molecule has 0 N–H and O–H groups in total. The summed E-state index contributed by atoms with van der Waals surface area (Å²) in [4.78, 5) is 7.78. The number of hydrogen-bond acceptors (Lipinski definition) is 2. The van der Waals surface area contributed by atoms with E-state index in [1.165, 1.54) is 12.4 Å². The van der Waals surface area contributed by atoms with Crippen molar-refractivity contribution in [1.29, 1.82) is 0 Å². The van der Waals surface area contributed by atoms with Crippen molar-refractivity contribution in [1.82, 2.24) is 9.97 Å². The molecule has 0 bridgehead atoms. The summed E-state index contributed by atoms with van der Waals surface area (Å²) in [5.41, 5.74) is 1.07. The van der Waals surface area contributed by atoms with E-state index in [2.05, 4.69) is 9.97 Å². The zero-order valence-corrected chi connectivity index (χ0v) is 7.64. The monoisotopic (exact) mass is 196 g/mol. The summed E-state index contributed by atoms with van der Waals surface area (Å²) < 4.78 is 13.1. The van der Waals surface area contributed by atoms with Gasteiger partial charge < -0.3 is 0 Å².